The Morgan fingerprint density at radius 3 is 2.18 bits per heavy atom. The molecule has 2 atom stereocenters. The van der Waals surface area contributed by atoms with Gasteiger partial charge in [-0.25, -0.2) is 0 Å². The maximum atomic E-state index is 12.5. The van der Waals surface area contributed by atoms with Crippen LogP contribution in [0, 0.1) is 11.8 Å². The molecule has 0 aromatic carbocycles. The van der Waals surface area contributed by atoms with Crippen molar-refractivity contribution in [2.45, 2.75) is 31.3 Å². The number of hydrogen-bond donors (Lipinski definition) is 0. The Hall–Kier alpha value is -2.23. The summed E-state index contributed by atoms with van der Waals surface area (Å²) in [5.74, 6) is -0.00248. The summed E-state index contributed by atoms with van der Waals surface area (Å²) in [7, 11) is 0. The molecule has 1 aliphatic heterocycles. The molecule has 0 N–H and O–H groups in total. The molecular formula is C18H18N2O2. The lowest BCUT2D eigenvalue weighted by Crippen LogP contribution is -2.38. The van der Waals surface area contributed by atoms with Gasteiger partial charge in [-0.2, -0.15) is 0 Å². The standard InChI is InChI=1S/C18H18N2O2/c21-17-13-7-1-2-8-14(13)18(22-17,15-9-3-5-11-19-15)16-10-4-6-12-20-16/h3-6,9-14H,1-2,7-8H2/t13-,14+/m0/s1. The number of fused-ring (bicyclic) bond motifs is 1. The Morgan fingerprint density at radius 2 is 1.59 bits per heavy atom. The minimum atomic E-state index is -0.829. The maximum Gasteiger partial charge on any atom is 0.310 e. The first-order valence-corrected chi connectivity index (χ1v) is 7.88. The first-order chi connectivity index (χ1) is 10.8. The molecule has 0 spiro atoms. The second kappa shape index (κ2) is 5.20. The van der Waals surface area contributed by atoms with Crippen LogP contribution in [-0.2, 0) is 15.1 Å². The minimum Gasteiger partial charge on any atom is -0.445 e. The zero-order valence-corrected chi connectivity index (χ0v) is 12.3. The molecule has 112 valence electrons. The van der Waals surface area contributed by atoms with Crippen molar-refractivity contribution in [1.29, 1.82) is 0 Å². The number of nitrogens with zero attached hydrogens (tertiary/aromatic N) is 2. The van der Waals surface area contributed by atoms with Crippen molar-refractivity contribution in [3.63, 3.8) is 0 Å². The first kappa shape index (κ1) is 13.4. The van der Waals surface area contributed by atoms with E-state index in [-0.39, 0.29) is 17.8 Å². The van der Waals surface area contributed by atoms with Crippen LogP contribution in [0.3, 0.4) is 0 Å². The summed E-state index contributed by atoms with van der Waals surface area (Å²) < 4.78 is 6.00. The van der Waals surface area contributed by atoms with Gasteiger partial charge in [0.25, 0.3) is 0 Å². The molecule has 2 aromatic rings. The fraction of sp³-hybridized carbons (Fsp3) is 0.389. The number of cyclic esters (lactones) is 1. The second-order valence-corrected chi connectivity index (χ2v) is 6.08. The van der Waals surface area contributed by atoms with Crippen molar-refractivity contribution in [3.05, 3.63) is 60.2 Å². The van der Waals surface area contributed by atoms with E-state index in [1.165, 1.54) is 0 Å². The zero-order valence-electron chi connectivity index (χ0n) is 12.3. The summed E-state index contributed by atoms with van der Waals surface area (Å²) in [6.45, 7) is 0. The minimum absolute atomic E-state index is 0.0298. The highest BCUT2D eigenvalue weighted by Gasteiger charge is 2.59. The topological polar surface area (TPSA) is 52.1 Å². The summed E-state index contributed by atoms with van der Waals surface area (Å²) in [5.41, 5.74) is 0.748. The number of ether oxygens (including phenoxy) is 1. The number of aromatic nitrogens is 2. The Labute approximate surface area is 129 Å². The van der Waals surface area contributed by atoms with Crippen molar-refractivity contribution < 1.29 is 9.53 Å². The Morgan fingerprint density at radius 1 is 0.955 bits per heavy atom. The summed E-state index contributed by atoms with van der Waals surface area (Å²) in [4.78, 5) is 21.5. The highest BCUT2D eigenvalue weighted by molar-refractivity contribution is 5.77. The van der Waals surface area contributed by atoms with Crippen LogP contribution in [0.1, 0.15) is 37.1 Å². The van der Waals surface area contributed by atoms with E-state index < -0.39 is 5.60 Å². The van der Waals surface area contributed by atoms with Crippen molar-refractivity contribution >= 4 is 5.97 Å². The molecule has 2 fully saturated rings. The van der Waals surface area contributed by atoms with Crippen LogP contribution in [0.25, 0.3) is 0 Å². The van der Waals surface area contributed by atoms with E-state index >= 15 is 0 Å². The van der Waals surface area contributed by atoms with Crippen LogP contribution in [0.15, 0.2) is 48.8 Å². The predicted molar refractivity (Wildman–Crippen MR) is 80.8 cm³/mol. The van der Waals surface area contributed by atoms with Gasteiger partial charge in [0, 0.05) is 18.3 Å². The highest BCUT2D eigenvalue weighted by Crippen LogP contribution is 2.53. The predicted octanol–water partition coefficient (Wildman–Crippen LogP) is 3.08. The van der Waals surface area contributed by atoms with Gasteiger partial charge in [-0.3, -0.25) is 14.8 Å². The molecule has 3 heterocycles. The molecule has 0 unspecified atom stereocenters. The van der Waals surface area contributed by atoms with Crippen molar-refractivity contribution in [1.82, 2.24) is 9.97 Å². The van der Waals surface area contributed by atoms with Crippen LogP contribution >= 0.6 is 0 Å². The van der Waals surface area contributed by atoms with E-state index in [1.807, 2.05) is 36.4 Å². The van der Waals surface area contributed by atoms with Crippen LogP contribution < -0.4 is 0 Å². The largest absolute Gasteiger partial charge is 0.445 e. The van der Waals surface area contributed by atoms with Gasteiger partial charge < -0.3 is 4.74 Å². The molecule has 1 aliphatic carbocycles. The number of carbonyl (C=O) groups is 1. The zero-order chi connectivity index (χ0) is 15.0. The van der Waals surface area contributed by atoms with Gasteiger partial charge in [0.1, 0.15) is 0 Å². The van der Waals surface area contributed by atoms with Crippen LogP contribution in [-0.4, -0.2) is 15.9 Å². The molecule has 0 bridgehead atoms. The molecular weight excluding hydrogens is 276 g/mol. The van der Waals surface area contributed by atoms with E-state index in [4.69, 9.17) is 4.74 Å². The Balaban J connectivity index is 1.92. The number of hydrogen-bond acceptors (Lipinski definition) is 4. The SMILES string of the molecule is O=C1OC(c2ccccn2)(c2ccccn2)[C@@H]2CCCC[C@H]12. The van der Waals surface area contributed by atoms with E-state index in [0.717, 1.165) is 37.1 Å². The third kappa shape index (κ3) is 1.86. The van der Waals surface area contributed by atoms with Gasteiger partial charge in [0.05, 0.1) is 17.3 Å². The quantitative estimate of drug-likeness (QED) is 0.799. The monoisotopic (exact) mass is 294 g/mol. The average Bonchev–Trinajstić information content (AvgIpc) is 2.91. The highest BCUT2D eigenvalue weighted by atomic mass is 16.6. The Kier molecular flexibility index (Phi) is 3.17. The van der Waals surface area contributed by atoms with Crippen LogP contribution in [0.4, 0.5) is 0 Å². The van der Waals surface area contributed by atoms with Crippen LogP contribution in [0.2, 0.25) is 0 Å². The maximum absolute atomic E-state index is 12.5. The summed E-state index contributed by atoms with van der Waals surface area (Å²) in [6.07, 6.45) is 7.61. The average molecular weight is 294 g/mol. The van der Waals surface area contributed by atoms with Gasteiger partial charge in [-0.1, -0.05) is 25.0 Å². The molecule has 2 aromatic heterocycles. The molecule has 0 radical (unpaired) electrons. The molecule has 0 amide bonds. The lowest BCUT2D eigenvalue weighted by molar-refractivity contribution is -0.149. The van der Waals surface area contributed by atoms with E-state index in [1.54, 1.807) is 12.4 Å². The third-order valence-electron chi connectivity index (χ3n) is 4.94. The van der Waals surface area contributed by atoms with Gasteiger partial charge in [-0.15, -0.1) is 0 Å². The van der Waals surface area contributed by atoms with Crippen molar-refractivity contribution in [2.75, 3.05) is 0 Å². The number of rotatable bonds is 2. The number of esters is 1. The summed E-state index contributed by atoms with van der Waals surface area (Å²) >= 11 is 0. The van der Waals surface area contributed by atoms with E-state index in [9.17, 15) is 4.79 Å². The summed E-state index contributed by atoms with van der Waals surface area (Å²) in [6, 6.07) is 11.5. The second-order valence-electron chi connectivity index (χ2n) is 6.08. The number of carbonyl (C=O) groups excluding carboxylic acids is 1. The van der Waals surface area contributed by atoms with Gasteiger partial charge >= 0.3 is 5.97 Å². The smallest absolute Gasteiger partial charge is 0.310 e. The first-order valence-electron chi connectivity index (χ1n) is 7.88. The van der Waals surface area contributed by atoms with Crippen molar-refractivity contribution in [3.8, 4) is 0 Å². The fourth-order valence-corrected chi connectivity index (χ4v) is 3.99. The van der Waals surface area contributed by atoms with Crippen LogP contribution in [0.5, 0.6) is 0 Å². The third-order valence-corrected chi connectivity index (χ3v) is 4.94. The normalized spacial score (nSPS) is 26.3. The molecule has 2 aliphatic rings. The number of pyridine rings is 2. The van der Waals surface area contributed by atoms with E-state index in [0.29, 0.717) is 0 Å². The molecule has 22 heavy (non-hydrogen) atoms. The van der Waals surface area contributed by atoms with Gasteiger partial charge in [-0.05, 0) is 37.1 Å². The van der Waals surface area contributed by atoms with Crippen molar-refractivity contribution in [2.24, 2.45) is 11.8 Å². The fourth-order valence-electron chi connectivity index (χ4n) is 3.99. The molecule has 1 saturated heterocycles. The Bertz CT molecular complexity index is 633. The molecule has 4 heteroatoms. The van der Waals surface area contributed by atoms with Gasteiger partial charge in [0.2, 0.25) is 0 Å². The van der Waals surface area contributed by atoms with Gasteiger partial charge in [0.15, 0.2) is 5.60 Å². The lowest BCUT2D eigenvalue weighted by atomic mass is 9.69. The lowest BCUT2D eigenvalue weighted by Gasteiger charge is -2.35. The molecule has 1 saturated carbocycles. The van der Waals surface area contributed by atoms with E-state index in [2.05, 4.69) is 9.97 Å². The molecule has 4 rings (SSSR count). The molecule has 4 nitrogen and oxygen atoms in total. The summed E-state index contributed by atoms with van der Waals surface area (Å²) in [5, 5.41) is 0.